The van der Waals surface area contributed by atoms with Gasteiger partial charge in [-0.25, -0.2) is 4.79 Å². The van der Waals surface area contributed by atoms with Gasteiger partial charge in [-0.1, -0.05) is 42.5 Å². The molecule has 1 N–H and O–H groups in total. The van der Waals surface area contributed by atoms with Crippen molar-refractivity contribution in [1.82, 2.24) is 9.80 Å². The molecule has 2 amide bonds. The number of ether oxygens (including phenoxy) is 1. The van der Waals surface area contributed by atoms with Crippen LogP contribution < -0.4 is 5.32 Å². The molecule has 1 saturated carbocycles. The van der Waals surface area contributed by atoms with Crippen molar-refractivity contribution in [1.29, 1.82) is 0 Å². The first-order chi connectivity index (χ1) is 14.3. The van der Waals surface area contributed by atoms with Crippen molar-refractivity contribution in [2.45, 2.75) is 25.9 Å². The Morgan fingerprint density at radius 2 is 1.72 bits per heavy atom. The number of urea groups is 1. The van der Waals surface area contributed by atoms with Gasteiger partial charge in [0.15, 0.2) is 0 Å². The second kappa shape index (κ2) is 9.90. The average molecular weight is 394 g/mol. The SMILES string of the molecule is O=C(Nc1cccc(COCC2CC2)c1)N1CCN(CCc2ccccc2)CC1. The van der Waals surface area contributed by atoms with Gasteiger partial charge in [-0.05, 0) is 48.4 Å². The molecule has 2 aliphatic rings. The number of rotatable bonds is 8. The number of hydrogen-bond acceptors (Lipinski definition) is 3. The van der Waals surface area contributed by atoms with Crippen molar-refractivity contribution >= 4 is 11.7 Å². The molecule has 0 spiro atoms. The third kappa shape index (κ3) is 6.31. The highest BCUT2D eigenvalue weighted by Crippen LogP contribution is 2.29. The van der Waals surface area contributed by atoms with Crippen molar-refractivity contribution in [2.24, 2.45) is 5.92 Å². The van der Waals surface area contributed by atoms with E-state index in [-0.39, 0.29) is 6.03 Å². The first kappa shape index (κ1) is 19.9. The van der Waals surface area contributed by atoms with Gasteiger partial charge in [-0.15, -0.1) is 0 Å². The van der Waals surface area contributed by atoms with E-state index in [4.69, 9.17) is 4.74 Å². The topological polar surface area (TPSA) is 44.8 Å². The number of carbonyl (C=O) groups excluding carboxylic acids is 1. The maximum Gasteiger partial charge on any atom is 0.321 e. The maximum absolute atomic E-state index is 12.6. The van der Waals surface area contributed by atoms with Crippen LogP contribution in [0, 0.1) is 5.92 Å². The molecule has 1 heterocycles. The predicted molar refractivity (Wildman–Crippen MR) is 116 cm³/mol. The third-order valence-electron chi connectivity index (χ3n) is 5.72. The highest BCUT2D eigenvalue weighted by atomic mass is 16.5. The first-order valence-corrected chi connectivity index (χ1v) is 10.8. The van der Waals surface area contributed by atoms with Crippen molar-refractivity contribution in [3.8, 4) is 0 Å². The average Bonchev–Trinajstić information content (AvgIpc) is 3.58. The van der Waals surface area contributed by atoms with E-state index in [1.165, 1.54) is 18.4 Å². The number of hydrogen-bond donors (Lipinski definition) is 1. The molecule has 1 aliphatic heterocycles. The Morgan fingerprint density at radius 3 is 2.48 bits per heavy atom. The molecule has 1 saturated heterocycles. The van der Waals surface area contributed by atoms with Crippen molar-refractivity contribution < 1.29 is 9.53 Å². The Balaban J connectivity index is 1.19. The number of carbonyl (C=O) groups is 1. The Hall–Kier alpha value is -2.37. The smallest absolute Gasteiger partial charge is 0.321 e. The van der Waals surface area contributed by atoms with Gasteiger partial charge >= 0.3 is 6.03 Å². The van der Waals surface area contributed by atoms with E-state index in [2.05, 4.69) is 40.5 Å². The summed E-state index contributed by atoms with van der Waals surface area (Å²) in [6.07, 6.45) is 3.66. The van der Waals surface area contributed by atoms with Crippen LogP contribution in [0.2, 0.25) is 0 Å². The van der Waals surface area contributed by atoms with Crippen LogP contribution in [0.3, 0.4) is 0 Å². The fraction of sp³-hybridized carbons (Fsp3) is 0.458. The van der Waals surface area contributed by atoms with Gasteiger partial charge in [-0.2, -0.15) is 0 Å². The van der Waals surface area contributed by atoms with Gasteiger partial charge in [-0.3, -0.25) is 4.90 Å². The van der Waals surface area contributed by atoms with E-state index in [1.807, 2.05) is 29.2 Å². The second-order valence-corrected chi connectivity index (χ2v) is 8.15. The molecule has 0 aromatic heterocycles. The molecule has 154 valence electrons. The van der Waals surface area contributed by atoms with Crippen LogP contribution in [0.4, 0.5) is 10.5 Å². The normalized spacial score (nSPS) is 17.3. The molecule has 0 unspecified atom stereocenters. The van der Waals surface area contributed by atoms with Gasteiger partial charge in [0.05, 0.1) is 6.61 Å². The Labute approximate surface area is 173 Å². The van der Waals surface area contributed by atoms with Crippen LogP contribution in [0.15, 0.2) is 54.6 Å². The van der Waals surface area contributed by atoms with E-state index in [0.29, 0.717) is 6.61 Å². The molecule has 2 aromatic carbocycles. The fourth-order valence-corrected chi connectivity index (χ4v) is 3.68. The lowest BCUT2D eigenvalue weighted by molar-refractivity contribution is 0.111. The van der Waals surface area contributed by atoms with E-state index in [1.54, 1.807) is 0 Å². The van der Waals surface area contributed by atoms with Gasteiger partial charge in [0.2, 0.25) is 0 Å². The summed E-state index contributed by atoms with van der Waals surface area (Å²) in [4.78, 5) is 17.0. The number of nitrogens with zero attached hydrogens (tertiary/aromatic N) is 2. The highest BCUT2D eigenvalue weighted by Gasteiger charge is 2.22. The molecule has 2 aromatic rings. The molecule has 2 fully saturated rings. The summed E-state index contributed by atoms with van der Waals surface area (Å²) in [5.74, 6) is 0.768. The summed E-state index contributed by atoms with van der Waals surface area (Å²) < 4.78 is 5.76. The number of anilines is 1. The zero-order valence-electron chi connectivity index (χ0n) is 17.1. The molecule has 1 aliphatic carbocycles. The summed E-state index contributed by atoms with van der Waals surface area (Å²) in [5, 5.41) is 3.05. The quantitative estimate of drug-likeness (QED) is 0.737. The monoisotopic (exact) mass is 393 g/mol. The van der Waals surface area contributed by atoms with Crippen LogP contribution in [-0.2, 0) is 17.8 Å². The molecule has 0 radical (unpaired) electrons. The highest BCUT2D eigenvalue weighted by molar-refractivity contribution is 5.89. The Bertz CT molecular complexity index is 784. The lowest BCUT2D eigenvalue weighted by atomic mass is 10.1. The lowest BCUT2D eigenvalue weighted by Gasteiger charge is -2.34. The van der Waals surface area contributed by atoms with Gasteiger partial charge in [0, 0.05) is 45.0 Å². The third-order valence-corrected chi connectivity index (χ3v) is 5.72. The zero-order valence-corrected chi connectivity index (χ0v) is 17.1. The minimum atomic E-state index is -0.0104. The second-order valence-electron chi connectivity index (χ2n) is 8.15. The van der Waals surface area contributed by atoms with E-state index in [0.717, 1.165) is 62.9 Å². The summed E-state index contributed by atoms with van der Waals surface area (Å²) in [7, 11) is 0. The zero-order chi connectivity index (χ0) is 19.9. The van der Waals surface area contributed by atoms with Crippen molar-refractivity contribution in [3.63, 3.8) is 0 Å². The molecular formula is C24H31N3O2. The minimum absolute atomic E-state index is 0.0104. The largest absolute Gasteiger partial charge is 0.376 e. The number of benzene rings is 2. The standard InChI is InChI=1S/C24H31N3O2/c28-24(25-23-8-4-7-22(17-23)19-29-18-21-9-10-21)27-15-13-26(14-16-27)12-11-20-5-2-1-3-6-20/h1-8,17,21H,9-16,18-19H2,(H,25,28). The number of piperazine rings is 1. The lowest BCUT2D eigenvalue weighted by Crippen LogP contribution is -2.50. The Kier molecular flexibility index (Phi) is 6.80. The van der Waals surface area contributed by atoms with Crippen molar-refractivity contribution in [2.75, 3.05) is 44.6 Å². The van der Waals surface area contributed by atoms with E-state index >= 15 is 0 Å². The van der Waals surface area contributed by atoms with Gasteiger partial charge in [0.25, 0.3) is 0 Å². The van der Waals surface area contributed by atoms with Crippen LogP contribution >= 0.6 is 0 Å². The summed E-state index contributed by atoms with van der Waals surface area (Å²) in [6, 6.07) is 18.6. The maximum atomic E-state index is 12.6. The van der Waals surface area contributed by atoms with E-state index in [9.17, 15) is 4.79 Å². The van der Waals surface area contributed by atoms with Crippen LogP contribution in [0.1, 0.15) is 24.0 Å². The molecule has 5 nitrogen and oxygen atoms in total. The van der Waals surface area contributed by atoms with Crippen LogP contribution in [-0.4, -0.2) is 55.2 Å². The molecule has 0 bridgehead atoms. The molecule has 4 rings (SSSR count). The summed E-state index contributed by atoms with van der Waals surface area (Å²) in [5.41, 5.74) is 3.32. The summed E-state index contributed by atoms with van der Waals surface area (Å²) in [6.45, 7) is 5.90. The summed E-state index contributed by atoms with van der Waals surface area (Å²) >= 11 is 0. The fourth-order valence-electron chi connectivity index (χ4n) is 3.68. The first-order valence-electron chi connectivity index (χ1n) is 10.8. The van der Waals surface area contributed by atoms with Crippen LogP contribution in [0.5, 0.6) is 0 Å². The number of nitrogens with one attached hydrogen (secondary N) is 1. The van der Waals surface area contributed by atoms with Gasteiger partial charge < -0.3 is 15.0 Å². The van der Waals surface area contributed by atoms with Gasteiger partial charge in [0.1, 0.15) is 0 Å². The van der Waals surface area contributed by atoms with E-state index < -0.39 is 0 Å². The molecular weight excluding hydrogens is 362 g/mol. The molecule has 5 heteroatoms. The predicted octanol–water partition coefficient (Wildman–Crippen LogP) is 4.01. The minimum Gasteiger partial charge on any atom is -0.376 e. The van der Waals surface area contributed by atoms with Crippen LogP contribution in [0.25, 0.3) is 0 Å². The molecule has 29 heavy (non-hydrogen) atoms. The molecule has 0 atom stereocenters. The Morgan fingerprint density at radius 1 is 0.966 bits per heavy atom. The van der Waals surface area contributed by atoms with Crippen molar-refractivity contribution in [3.05, 3.63) is 65.7 Å². The number of amides is 2.